The third-order valence-electron chi connectivity index (χ3n) is 1.01. The van der Waals surface area contributed by atoms with Crippen LogP contribution in [0, 0.1) is 5.92 Å². The molecule has 1 N–H and O–H groups in total. The monoisotopic (exact) mass is 98.1 g/mol. The van der Waals surface area contributed by atoms with Crippen LogP contribution in [-0.4, -0.2) is 19.1 Å². The average Bonchev–Trinajstić information content (AvgIpc) is 1.65. The van der Waals surface area contributed by atoms with Gasteiger partial charge in [-0.1, -0.05) is 20.2 Å². The highest BCUT2D eigenvalue weighted by molar-refractivity contribution is 6.08. The molecule has 2 radical (unpaired) electrons. The Morgan fingerprint density at radius 1 is 1.57 bits per heavy atom. The quantitative estimate of drug-likeness (QED) is 0.501. The van der Waals surface area contributed by atoms with Crippen molar-refractivity contribution in [3.05, 3.63) is 0 Å². The fraction of sp³-hybridized carbons (Fsp3) is 1.00. The summed E-state index contributed by atoms with van der Waals surface area (Å²) in [5.74, 6) is 0.296. The molecule has 0 aromatic rings. The lowest BCUT2D eigenvalue weighted by Crippen LogP contribution is -2.12. The van der Waals surface area contributed by atoms with Crippen molar-refractivity contribution in [2.45, 2.75) is 26.3 Å². The Hall–Kier alpha value is 0.0249. The van der Waals surface area contributed by atoms with Gasteiger partial charge in [0.15, 0.2) is 0 Å². The second kappa shape index (κ2) is 3.08. The molecule has 0 aliphatic heterocycles. The van der Waals surface area contributed by atoms with Crippen LogP contribution in [0.15, 0.2) is 0 Å². The summed E-state index contributed by atoms with van der Waals surface area (Å²) < 4.78 is 0. The first-order valence-corrected chi connectivity index (χ1v) is 2.56. The van der Waals surface area contributed by atoms with Crippen LogP contribution in [0.3, 0.4) is 0 Å². The minimum absolute atomic E-state index is 0.296. The van der Waals surface area contributed by atoms with E-state index >= 15 is 0 Å². The molecule has 1 unspecified atom stereocenters. The maximum absolute atomic E-state index is 8.81. The van der Waals surface area contributed by atoms with Crippen molar-refractivity contribution >= 4 is 7.85 Å². The maximum Gasteiger partial charge on any atom is 0.0688 e. The lowest BCUT2D eigenvalue weighted by molar-refractivity contribution is 0.145. The van der Waals surface area contributed by atoms with Gasteiger partial charge < -0.3 is 5.11 Å². The van der Waals surface area contributed by atoms with Crippen molar-refractivity contribution in [1.82, 2.24) is 0 Å². The standard InChI is InChI=1S/C5H11BO/c1-4(2)5(7)3-6/h4-5,7H,3H2,1-2H3. The second-order valence-electron chi connectivity index (χ2n) is 2.05. The topological polar surface area (TPSA) is 20.2 Å². The van der Waals surface area contributed by atoms with E-state index in [1.807, 2.05) is 13.8 Å². The van der Waals surface area contributed by atoms with Gasteiger partial charge in [0.25, 0.3) is 0 Å². The molecule has 0 aromatic carbocycles. The summed E-state index contributed by atoms with van der Waals surface area (Å²) in [6.45, 7) is 3.88. The SMILES string of the molecule is [B]CC(O)C(C)C. The van der Waals surface area contributed by atoms with Crippen LogP contribution >= 0.6 is 0 Å². The Balaban J connectivity index is 3.14. The molecule has 0 amide bonds. The first kappa shape index (κ1) is 7.02. The number of hydrogen-bond donors (Lipinski definition) is 1. The molecule has 0 heterocycles. The van der Waals surface area contributed by atoms with Gasteiger partial charge in [-0.25, -0.2) is 0 Å². The molecule has 2 heteroatoms. The Kier molecular flexibility index (Phi) is 3.09. The Bertz CT molecular complexity index is 45.3. The lowest BCUT2D eigenvalue weighted by Gasteiger charge is -2.09. The van der Waals surface area contributed by atoms with Gasteiger partial charge in [-0.3, -0.25) is 0 Å². The van der Waals surface area contributed by atoms with E-state index in [1.165, 1.54) is 0 Å². The van der Waals surface area contributed by atoms with Crippen molar-refractivity contribution in [2.75, 3.05) is 0 Å². The van der Waals surface area contributed by atoms with E-state index in [0.717, 1.165) is 0 Å². The van der Waals surface area contributed by atoms with E-state index in [9.17, 15) is 0 Å². The molecule has 7 heavy (non-hydrogen) atoms. The predicted octanol–water partition coefficient (Wildman–Crippen LogP) is 0.590. The van der Waals surface area contributed by atoms with Gasteiger partial charge in [0.05, 0.1) is 7.85 Å². The van der Waals surface area contributed by atoms with Gasteiger partial charge in [-0.15, -0.1) is 0 Å². The van der Waals surface area contributed by atoms with Gasteiger partial charge in [0, 0.05) is 6.10 Å². The second-order valence-corrected chi connectivity index (χ2v) is 2.05. The molecule has 0 aromatic heterocycles. The molecular weight excluding hydrogens is 86.9 g/mol. The number of aliphatic hydroxyl groups excluding tert-OH is 1. The summed E-state index contributed by atoms with van der Waals surface area (Å²) >= 11 is 0. The van der Waals surface area contributed by atoms with E-state index in [0.29, 0.717) is 12.2 Å². The first-order valence-electron chi connectivity index (χ1n) is 2.56. The van der Waals surface area contributed by atoms with E-state index in [-0.39, 0.29) is 6.10 Å². The Morgan fingerprint density at radius 2 is 2.00 bits per heavy atom. The molecule has 1 atom stereocenters. The lowest BCUT2D eigenvalue weighted by atomic mass is 9.92. The van der Waals surface area contributed by atoms with E-state index in [1.54, 1.807) is 0 Å². The number of aliphatic hydroxyl groups is 1. The molecule has 0 rings (SSSR count). The zero-order valence-electron chi connectivity index (χ0n) is 4.89. The van der Waals surface area contributed by atoms with Crippen molar-refractivity contribution in [2.24, 2.45) is 5.92 Å². The van der Waals surface area contributed by atoms with E-state index in [2.05, 4.69) is 0 Å². The fourth-order valence-corrected chi connectivity index (χ4v) is 0.272. The average molecular weight is 98.0 g/mol. The summed E-state index contributed by atoms with van der Waals surface area (Å²) in [5, 5.41) is 8.81. The maximum atomic E-state index is 8.81. The van der Waals surface area contributed by atoms with Gasteiger partial charge >= 0.3 is 0 Å². The van der Waals surface area contributed by atoms with Crippen molar-refractivity contribution < 1.29 is 5.11 Å². The molecular formula is C5H11BO. The highest BCUT2D eigenvalue weighted by atomic mass is 16.3. The molecule has 0 aliphatic carbocycles. The summed E-state index contributed by atoms with van der Waals surface area (Å²) in [5.41, 5.74) is 0. The molecule has 0 fully saturated rings. The number of hydrogen-bond acceptors (Lipinski definition) is 1. The van der Waals surface area contributed by atoms with Gasteiger partial charge in [-0.05, 0) is 5.92 Å². The summed E-state index contributed by atoms with van der Waals surface area (Å²) in [4.78, 5) is 0. The third-order valence-corrected chi connectivity index (χ3v) is 1.01. The van der Waals surface area contributed by atoms with Gasteiger partial charge in [-0.2, -0.15) is 0 Å². The minimum atomic E-state index is -0.319. The normalized spacial score (nSPS) is 14.9. The van der Waals surface area contributed by atoms with E-state index in [4.69, 9.17) is 13.0 Å². The van der Waals surface area contributed by atoms with Crippen LogP contribution in [0.5, 0.6) is 0 Å². The fourth-order valence-electron chi connectivity index (χ4n) is 0.272. The van der Waals surface area contributed by atoms with E-state index < -0.39 is 0 Å². The molecule has 0 saturated heterocycles. The van der Waals surface area contributed by atoms with Crippen LogP contribution in [-0.2, 0) is 0 Å². The minimum Gasteiger partial charge on any atom is -0.394 e. The smallest absolute Gasteiger partial charge is 0.0688 e. The largest absolute Gasteiger partial charge is 0.394 e. The van der Waals surface area contributed by atoms with Crippen molar-refractivity contribution in [3.63, 3.8) is 0 Å². The highest BCUT2D eigenvalue weighted by Gasteiger charge is 2.02. The molecule has 0 spiro atoms. The van der Waals surface area contributed by atoms with Crippen LogP contribution < -0.4 is 0 Å². The molecule has 1 nitrogen and oxygen atoms in total. The Morgan fingerprint density at radius 3 is 2.00 bits per heavy atom. The predicted molar refractivity (Wildman–Crippen MR) is 31.4 cm³/mol. The van der Waals surface area contributed by atoms with Crippen LogP contribution in [0.25, 0.3) is 0 Å². The van der Waals surface area contributed by atoms with Gasteiger partial charge in [0.1, 0.15) is 0 Å². The van der Waals surface area contributed by atoms with Crippen LogP contribution in [0.1, 0.15) is 13.8 Å². The molecule has 0 aliphatic rings. The summed E-state index contributed by atoms with van der Waals surface area (Å²) in [6.07, 6.45) is 0.0532. The molecule has 0 bridgehead atoms. The van der Waals surface area contributed by atoms with Crippen LogP contribution in [0.2, 0.25) is 6.32 Å². The zero-order chi connectivity index (χ0) is 5.86. The van der Waals surface area contributed by atoms with Crippen LogP contribution in [0.4, 0.5) is 0 Å². The third kappa shape index (κ3) is 2.69. The summed E-state index contributed by atoms with van der Waals surface area (Å²) in [6, 6.07) is 0. The van der Waals surface area contributed by atoms with Gasteiger partial charge in [0.2, 0.25) is 0 Å². The Labute approximate surface area is 46.1 Å². The number of rotatable bonds is 2. The van der Waals surface area contributed by atoms with Crippen molar-refractivity contribution in [1.29, 1.82) is 0 Å². The molecule has 40 valence electrons. The highest BCUT2D eigenvalue weighted by Crippen LogP contribution is 2.02. The summed E-state index contributed by atoms with van der Waals surface area (Å²) in [7, 11) is 5.12. The first-order chi connectivity index (χ1) is 3.18. The molecule has 0 saturated carbocycles. The zero-order valence-corrected chi connectivity index (χ0v) is 4.89. The van der Waals surface area contributed by atoms with Crippen molar-refractivity contribution in [3.8, 4) is 0 Å².